The zero-order valence-corrected chi connectivity index (χ0v) is 20.5. The Hall–Kier alpha value is -3.23. The molecule has 0 radical (unpaired) electrons. The lowest BCUT2D eigenvalue weighted by Crippen LogP contribution is -2.50. The molecule has 2 aromatic heterocycles. The van der Waals surface area contributed by atoms with Gasteiger partial charge in [0.15, 0.2) is 5.75 Å². The molecule has 8 nitrogen and oxygen atoms in total. The highest BCUT2D eigenvalue weighted by atomic mass is 35.5. The molecule has 9 heteroatoms. The number of halogens is 1. The summed E-state index contributed by atoms with van der Waals surface area (Å²) < 4.78 is 17.5. The second-order valence-electron chi connectivity index (χ2n) is 10.0. The monoisotopic (exact) mass is 494 g/mol. The molecule has 182 valence electrons. The average molecular weight is 495 g/mol. The summed E-state index contributed by atoms with van der Waals surface area (Å²) in [5.74, 6) is 1.29. The van der Waals surface area contributed by atoms with Crippen LogP contribution < -0.4 is 20.1 Å². The van der Waals surface area contributed by atoms with E-state index in [1.807, 2.05) is 18.2 Å². The smallest absolute Gasteiger partial charge is 0.255 e. The lowest BCUT2D eigenvalue weighted by atomic mass is 9.83. The molecular formula is C26H27ClN4O4. The molecule has 2 fully saturated rings. The molecule has 1 saturated heterocycles. The van der Waals surface area contributed by atoms with Crippen LogP contribution in [-0.2, 0) is 4.74 Å². The fraction of sp³-hybridized carbons (Fsp3) is 0.385. The van der Waals surface area contributed by atoms with Crippen LogP contribution in [0.1, 0.15) is 42.2 Å². The molecule has 0 spiro atoms. The van der Waals surface area contributed by atoms with Crippen LogP contribution >= 0.6 is 11.6 Å². The molecule has 6 rings (SSSR count). The third kappa shape index (κ3) is 3.72. The highest BCUT2D eigenvalue weighted by molar-refractivity contribution is 6.32. The first-order valence-electron chi connectivity index (χ1n) is 11.7. The molecule has 3 atom stereocenters. The van der Waals surface area contributed by atoms with Gasteiger partial charge in [-0.05, 0) is 24.6 Å². The third-order valence-electron chi connectivity index (χ3n) is 7.14. The summed E-state index contributed by atoms with van der Waals surface area (Å²) in [6, 6.07) is 7.54. The second-order valence-corrected chi connectivity index (χ2v) is 10.4. The van der Waals surface area contributed by atoms with E-state index in [9.17, 15) is 4.79 Å². The predicted molar refractivity (Wildman–Crippen MR) is 133 cm³/mol. The molecule has 1 amide bonds. The Labute approximate surface area is 208 Å². The number of H-pyrrole nitrogens is 1. The largest absolute Gasteiger partial charge is 0.493 e. The number of methoxy groups -OCH3 is 1. The second kappa shape index (κ2) is 8.17. The van der Waals surface area contributed by atoms with Gasteiger partial charge in [0.25, 0.3) is 5.91 Å². The molecule has 0 bridgehead atoms. The number of nitrogens with zero attached hydrogens (tertiary/aromatic N) is 1. The Morgan fingerprint density at radius 1 is 1.31 bits per heavy atom. The Bertz CT molecular complexity index is 1320. The molecule has 1 aliphatic carbocycles. The van der Waals surface area contributed by atoms with Gasteiger partial charge in [-0.2, -0.15) is 0 Å². The van der Waals surface area contributed by atoms with Crippen molar-refractivity contribution < 1.29 is 19.0 Å². The van der Waals surface area contributed by atoms with Crippen LogP contribution in [0, 0.1) is 5.41 Å². The molecule has 35 heavy (non-hydrogen) atoms. The van der Waals surface area contributed by atoms with Gasteiger partial charge in [0.05, 0.1) is 53.7 Å². The van der Waals surface area contributed by atoms with Crippen molar-refractivity contribution in [3.05, 3.63) is 52.9 Å². The van der Waals surface area contributed by atoms with Gasteiger partial charge in [-0.25, -0.2) is 0 Å². The lowest BCUT2D eigenvalue weighted by Gasteiger charge is -2.43. The number of nitrogens with one attached hydrogen (secondary N) is 3. The normalized spacial score (nSPS) is 23.4. The summed E-state index contributed by atoms with van der Waals surface area (Å²) in [5.41, 5.74) is 4.49. The Morgan fingerprint density at radius 2 is 2.17 bits per heavy atom. The van der Waals surface area contributed by atoms with Crippen molar-refractivity contribution in [2.24, 2.45) is 5.41 Å². The number of hydrogen-bond donors (Lipinski definition) is 3. The van der Waals surface area contributed by atoms with E-state index in [1.54, 1.807) is 25.6 Å². The van der Waals surface area contributed by atoms with Crippen LogP contribution in [0.25, 0.3) is 11.3 Å². The minimum atomic E-state index is -0.106. The van der Waals surface area contributed by atoms with E-state index in [4.69, 9.17) is 25.8 Å². The number of amides is 1. The predicted octanol–water partition coefficient (Wildman–Crippen LogP) is 4.89. The highest BCUT2D eigenvalue weighted by Crippen LogP contribution is 2.51. The van der Waals surface area contributed by atoms with Crippen molar-refractivity contribution in [3.8, 4) is 22.8 Å². The van der Waals surface area contributed by atoms with Gasteiger partial charge in [-0.3, -0.25) is 9.78 Å². The first-order valence-corrected chi connectivity index (χ1v) is 12.1. The molecule has 3 aromatic rings. The number of para-hydroxylation sites is 1. The van der Waals surface area contributed by atoms with Crippen LogP contribution in [0.5, 0.6) is 11.5 Å². The Kier molecular flexibility index (Phi) is 5.19. The summed E-state index contributed by atoms with van der Waals surface area (Å²) >= 11 is 6.37. The van der Waals surface area contributed by atoms with Gasteiger partial charge in [0, 0.05) is 34.8 Å². The highest BCUT2D eigenvalue weighted by Gasteiger charge is 2.48. The van der Waals surface area contributed by atoms with E-state index in [1.165, 1.54) is 0 Å². The summed E-state index contributed by atoms with van der Waals surface area (Å²) in [4.78, 5) is 21.0. The third-order valence-corrected chi connectivity index (χ3v) is 7.43. The minimum Gasteiger partial charge on any atom is -0.493 e. The number of fused-ring (bicyclic) bond motifs is 3. The van der Waals surface area contributed by atoms with Gasteiger partial charge in [-0.1, -0.05) is 31.5 Å². The van der Waals surface area contributed by atoms with E-state index < -0.39 is 0 Å². The van der Waals surface area contributed by atoms with Crippen LogP contribution in [0.3, 0.4) is 0 Å². The molecule has 3 aliphatic rings. The topological polar surface area (TPSA) is 97.5 Å². The maximum atomic E-state index is 13.1. The van der Waals surface area contributed by atoms with Gasteiger partial charge < -0.3 is 29.8 Å². The molecule has 0 unspecified atom stereocenters. The first kappa shape index (κ1) is 22.2. The van der Waals surface area contributed by atoms with Gasteiger partial charge in [-0.15, -0.1) is 0 Å². The van der Waals surface area contributed by atoms with Crippen molar-refractivity contribution in [1.29, 1.82) is 0 Å². The van der Waals surface area contributed by atoms with Crippen molar-refractivity contribution in [1.82, 2.24) is 15.3 Å². The number of benzene rings is 1. The average Bonchev–Trinajstić information content (AvgIpc) is 3.51. The SMILES string of the molecule is COc1c(Cl)cccc1Nc1c(-c2ccncc2OC[C@H]2OCC2(C)C)[nH]c2c1C(=O)N[C@H]1C[C@@H]21. The van der Waals surface area contributed by atoms with Gasteiger partial charge in [0.2, 0.25) is 0 Å². The quantitative estimate of drug-likeness (QED) is 0.433. The zero-order valence-electron chi connectivity index (χ0n) is 19.8. The number of carbonyl (C=O) groups is 1. The van der Waals surface area contributed by atoms with Crippen LogP contribution in [0.4, 0.5) is 11.4 Å². The maximum Gasteiger partial charge on any atom is 0.255 e. The molecule has 4 heterocycles. The fourth-order valence-corrected chi connectivity index (χ4v) is 5.15. The number of aromatic amines is 1. The van der Waals surface area contributed by atoms with Crippen LogP contribution in [0.15, 0.2) is 36.7 Å². The lowest BCUT2D eigenvalue weighted by molar-refractivity contribution is -0.180. The molecular weight excluding hydrogens is 468 g/mol. The summed E-state index contributed by atoms with van der Waals surface area (Å²) in [7, 11) is 1.57. The fourth-order valence-electron chi connectivity index (χ4n) is 4.90. The Balaban J connectivity index is 1.43. The number of aromatic nitrogens is 2. The van der Waals surface area contributed by atoms with E-state index in [0.717, 1.165) is 30.0 Å². The van der Waals surface area contributed by atoms with Crippen LogP contribution in [-0.4, -0.2) is 48.3 Å². The molecule has 1 saturated carbocycles. The summed E-state index contributed by atoms with van der Waals surface area (Å²) in [5, 5.41) is 7.02. The summed E-state index contributed by atoms with van der Waals surface area (Å²) in [6.07, 6.45) is 4.35. The van der Waals surface area contributed by atoms with Crippen LogP contribution in [0.2, 0.25) is 5.02 Å². The standard InChI is InChI=1S/C26H27ClN4O4/c1-26(2)12-35-19(26)11-34-18-10-28-8-7-13(18)22-23(29-16-6-4-5-15(27)24(16)33-3)20-21(31-22)14-9-17(14)30-25(20)32/h4-8,10,14,17,19,29,31H,9,11-12H2,1-3H3,(H,30,32)/t14-,17+,19-/m1/s1. The number of hydrogen-bond acceptors (Lipinski definition) is 6. The van der Waals surface area contributed by atoms with Crippen molar-refractivity contribution in [3.63, 3.8) is 0 Å². The maximum absolute atomic E-state index is 13.1. The van der Waals surface area contributed by atoms with Gasteiger partial charge >= 0.3 is 0 Å². The molecule has 3 N–H and O–H groups in total. The number of pyridine rings is 1. The van der Waals surface area contributed by atoms with E-state index in [2.05, 4.69) is 34.4 Å². The van der Waals surface area contributed by atoms with E-state index in [0.29, 0.717) is 40.1 Å². The number of anilines is 2. The molecule has 2 aliphatic heterocycles. The molecule has 1 aromatic carbocycles. The van der Waals surface area contributed by atoms with Crippen molar-refractivity contribution >= 4 is 28.9 Å². The number of rotatable bonds is 7. The first-order chi connectivity index (χ1) is 16.9. The number of carbonyl (C=O) groups excluding carboxylic acids is 1. The minimum absolute atomic E-state index is 0.0127. The van der Waals surface area contributed by atoms with Gasteiger partial charge in [0.1, 0.15) is 12.4 Å². The summed E-state index contributed by atoms with van der Waals surface area (Å²) in [6.45, 7) is 5.47. The number of ether oxygens (including phenoxy) is 3. The van der Waals surface area contributed by atoms with Crippen molar-refractivity contribution in [2.75, 3.05) is 25.6 Å². The zero-order chi connectivity index (χ0) is 24.3. The van der Waals surface area contributed by atoms with Crippen molar-refractivity contribution in [2.45, 2.75) is 38.3 Å². The van der Waals surface area contributed by atoms with E-state index >= 15 is 0 Å². The van der Waals surface area contributed by atoms with E-state index in [-0.39, 0.29) is 29.4 Å². The Morgan fingerprint density at radius 3 is 2.91 bits per heavy atom.